The minimum Gasteiger partial charge on any atom is -0.379 e. The Balaban J connectivity index is 1.30. The van der Waals surface area contributed by atoms with Gasteiger partial charge in [0.25, 0.3) is 5.56 Å². The van der Waals surface area contributed by atoms with Crippen LogP contribution in [0.25, 0.3) is 11.2 Å². The number of aromatic amines is 1. The van der Waals surface area contributed by atoms with Crippen LogP contribution in [0.5, 0.6) is 0 Å². The van der Waals surface area contributed by atoms with E-state index in [0.717, 1.165) is 24.8 Å². The van der Waals surface area contributed by atoms with E-state index < -0.39 is 10.0 Å². The van der Waals surface area contributed by atoms with Gasteiger partial charge < -0.3 is 9.72 Å². The number of aromatic nitrogens is 5. The molecule has 0 amide bonds. The molecule has 0 aliphatic carbocycles. The van der Waals surface area contributed by atoms with Crippen LogP contribution < -0.4 is 5.56 Å². The van der Waals surface area contributed by atoms with Crippen molar-refractivity contribution < 1.29 is 13.2 Å². The van der Waals surface area contributed by atoms with Gasteiger partial charge in [0.1, 0.15) is 5.82 Å². The van der Waals surface area contributed by atoms with Crippen LogP contribution in [0.15, 0.2) is 64.3 Å². The Kier molecular flexibility index (Phi) is 7.45. The van der Waals surface area contributed by atoms with E-state index in [0.29, 0.717) is 44.2 Å². The van der Waals surface area contributed by atoms with Gasteiger partial charge in [-0.05, 0) is 49.4 Å². The van der Waals surface area contributed by atoms with Crippen molar-refractivity contribution in [2.24, 2.45) is 0 Å². The van der Waals surface area contributed by atoms with Crippen molar-refractivity contribution in [2.75, 3.05) is 26.3 Å². The molecule has 2 aromatic heterocycles. The number of hydrogen-bond donors (Lipinski definition) is 1. The molecule has 0 bridgehead atoms. The zero-order valence-corrected chi connectivity index (χ0v) is 21.5. The molecule has 10 nitrogen and oxygen atoms in total. The third-order valence-corrected chi connectivity index (χ3v) is 8.55. The topological polar surface area (TPSA) is 123 Å². The van der Waals surface area contributed by atoms with Crippen LogP contribution in [0.3, 0.4) is 0 Å². The van der Waals surface area contributed by atoms with Crippen LogP contribution in [0.2, 0.25) is 0 Å². The van der Waals surface area contributed by atoms with Crippen LogP contribution in [0.1, 0.15) is 42.8 Å². The number of nitrogens with one attached hydrogen (secondary N) is 1. The van der Waals surface area contributed by atoms with E-state index in [2.05, 4.69) is 39.3 Å². The van der Waals surface area contributed by atoms with Gasteiger partial charge in [0.2, 0.25) is 10.0 Å². The largest absolute Gasteiger partial charge is 0.379 e. The van der Waals surface area contributed by atoms with Crippen LogP contribution in [-0.2, 0) is 27.6 Å². The number of fused-ring (bicyclic) bond motifs is 1. The molecule has 0 spiro atoms. The monoisotopic (exact) mass is 522 g/mol. The van der Waals surface area contributed by atoms with E-state index in [1.54, 1.807) is 28.9 Å². The summed E-state index contributed by atoms with van der Waals surface area (Å²) in [7, 11) is -3.56. The summed E-state index contributed by atoms with van der Waals surface area (Å²) in [6.07, 6.45) is 3.16. The average Bonchev–Trinajstić information content (AvgIpc) is 3.35. The highest BCUT2D eigenvalue weighted by molar-refractivity contribution is 7.89. The van der Waals surface area contributed by atoms with E-state index in [1.165, 1.54) is 9.87 Å². The van der Waals surface area contributed by atoms with Gasteiger partial charge >= 0.3 is 0 Å². The summed E-state index contributed by atoms with van der Waals surface area (Å²) < 4.78 is 34.2. The average molecular weight is 523 g/mol. The van der Waals surface area contributed by atoms with Gasteiger partial charge in [0, 0.05) is 19.5 Å². The fraction of sp³-hybridized carbons (Fsp3) is 0.385. The van der Waals surface area contributed by atoms with Crippen molar-refractivity contribution in [1.29, 1.82) is 0 Å². The zero-order chi connectivity index (χ0) is 25.8. The molecule has 1 aliphatic heterocycles. The van der Waals surface area contributed by atoms with Crippen LogP contribution in [0.4, 0.5) is 0 Å². The number of sulfonamides is 1. The maximum absolute atomic E-state index is 12.9. The minimum absolute atomic E-state index is 0.0283. The summed E-state index contributed by atoms with van der Waals surface area (Å²) in [5.41, 5.74) is 2.45. The number of H-pyrrole nitrogens is 1. The third-order valence-electron chi connectivity index (χ3n) is 6.63. The highest BCUT2D eigenvalue weighted by Gasteiger charge is 2.26. The molecule has 1 saturated heterocycles. The van der Waals surface area contributed by atoms with Gasteiger partial charge in [0.15, 0.2) is 11.2 Å². The maximum Gasteiger partial charge on any atom is 0.281 e. The van der Waals surface area contributed by atoms with E-state index in [-0.39, 0.29) is 22.0 Å². The lowest BCUT2D eigenvalue weighted by molar-refractivity contribution is 0.0730. The lowest BCUT2D eigenvalue weighted by Crippen LogP contribution is -2.40. The number of aryl methyl sites for hydroxylation is 1. The summed E-state index contributed by atoms with van der Waals surface area (Å²) in [5.74, 6) is 0.473. The number of hydrogen-bond acceptors (Lipinski definition) is 7. The smallest absolute Gasteiger partial charge is 0.281 e. The molecule has 4 aromatic rings. The van der Waals surface area contributed by atoms with Crippen LogP contribution >= 0.6 is 0 Å². The summed E-state index contributed by atoms with van der Waals surface area (Å²) in [6.45, 7) is 3.55. The fourth-order valence-corrected chi connectivity index (χ4v) is 5.95. The first-order valence-electron chi connectivity index (χ1n) is 12.5. The Morgan fingerprint density at radius 2 is 1.76 bits per heavy atom. The minimum atomic E-state index is -3.56. The first-order chi connectivity index (χ1) is 17.9. The second-order valence-corrected chi connectivity index (χ2v) is 11.2. The second-order valence-electron chi connectivity index (χ2n) is 9.28. The van der Waals surface area contributed by atoms with Crippen molar-refractivity contribution in [3.8, 4) is 0 Å². The van der Waals surface area contributed by atoms with Gasteiger partial charge in [-0.3, -0.25) is 4.79 Å². The van der Waals surface area contributed by atoms with Gasteiger partial charge in [-0.15, -0.1) is 5.10 Å². The molecule has 1 atom stereocenters. The summed E-state index contributed by atoms with van der Waals surface area (Å²) in [6, 6.07) is 17.0. The van der Waals surface area contributed by atoms with Gasteiger partial charge in [0.05, 0.1) is 24.2 Å². The molecule has 1 fully saturated rings. The zero-order valence-electron chi connectivity index (χ0n) is 20.7. The number of nitrogens with zero attached hydrogens (tertiary/aromatic N) is 5. The van der Waals surface area contributed by atoms with Crippen molar-refractivity contribution >= 4 is 21.2 Å². The Labute approximate surface area is 215 Å². The van der Waals surface area contributed by atoms with Crippen molar-refractivity contribution in [1.82, 2.24) is 29.3 Å². The summed E-state index contributed by atoms with van der Waals surface area (Å²) in [4.78, 5) is 20.4. The van der Waals surface area contributed by atoms with Crippen molar-refractivity contribution in [3.05, 3.63) is 81.9 Å². The van der Waals surface area contributed by atoms with Crippen LogP contribution in [-0.4, -0.2) is 64.0 Å². The lowest BCUT2D eigenvalue weighted by Gasteiger charge is -2.26. The standard InChI is InChI=1S/C26H30N6O4S/c1-19(6-5-9-20-7-3-2-4-8-20)32-25-24(29-30-32)26(33)28-23(27-25)18-21-10-12-22(13-11-21)37(34,35)31-14-16-36-17-15-31/h2-4,7-8,10-13,19H,5-6,9,14-18H2,1H3,(H,27,28,33). The molecule has 1 aliphatic rings. The molecule has 5 rings (SSSR count). The third kappa shape index (κ3) is 5.63. The predicted octanol–water partition coefficient (Wildman–Crippen LogP) is 2.71. The Morgan fingerprint density at radius 1 is 1.03 bits per heavy atom. The Bertz CT molecular complexity index is 1510. The van der Waals surface area contributed by atoms with E-state index >= 15 is 0 Å². The quantitative estimate of drug-likeness (QED) is 0.359. The van der Waals surface area contributed by atoms with Gasteiger partial charge in [-0.2, -0.15) is 4.31 Å². The van der Waals surface area contributed by atoms with Crippen LogP contribution in [0, 0.1) is 0 Å². The predicted molar refractivity (Wildman–Crippen MR) is 139 cm³/mol. The number of morpholine rings is 1. The SMILES string of the molecule is CC(CCCc1ccccc1)n1nnc2c(=O)[nH]c(Cc3ccc(S(=O)(=O)N4CCOCC4)cc3)nc21. The van der Waals surface area contributed by atoms with E-state index in [1.807, 2.05) is 18.2 Å². The second kappa shape index (κ2) is 10.9. The molecule has 3 heterocycles. The Hall–Kier alpha value is -3.41. The summed E-state index contributed by atoms with van der Waals surface area (Å²) in [5, 5.41) is 8.28. The molecule has 11 heteroatoms. The molecule has 2 aromatic carbocycles. The van der Waals surface area contributed by atoms with Gasteiger partial charge in [-0.1, -0.05) is 47.7 Å². The molecule has 1 unspecified atom stereocenters. The molecule has 37 heavy (non-hydrogen) atoms. The molecular weight excluding hydrogens is 492 g/mol. The molecule has 1 N–H and O–H groups in total. The number of ether oxygens (including phenoxy) is 1. The fourth-order valence-electron chi connectivity index (χ4n) is 4.54. The molecule has 194 valence electrons. The van der Waals surface area contributed by atoms with Gasteiger partial charge in [-0.25, -0.2) is 18.1 Å². The van der Waals surface area contributed by atoms with Crippen molar-refractivity contribution in [3.63, 3.8) is 0 Å². The summed E-state index contributed by atoms with van der Waals surface area (Å²) >= 11 is 0. The van der Waals surface area contributed by atoms with Crippen molar-refractivity contribution in [2.45, 2.75) is 43.5 Å². The van der Waals surface area contributed by atoms with E-state index in [4.69, 9.17) is 4.74 Å². The Morgan fingerprint density at radius 3 is 2.49 bits per heavy atom. The first kappa shape index (κ1) is 25.2. The first-order valence-corrected chi connectivity index (χ1v) is 13.9. The maximum atomic E-state index is 12.9. The normalized spacial score (nSPS) is 15.7. The molecular formula is C26H30N6O4S. The van der Waals surface area contributed by atoms with E-state index in [9.17, 15) is 13.2 Å². The molecule has 0 radical (unpaired) electrons. The lowest BCUT2D eigenvalue weighted by atomic mass is 10.1. The highest BCUT2D eigenvalue weighted by atomic mass is 32.2. The number of rotatable bonds is 9. The molecule has 0 saturated carbocycles. The number of benzene rings is 2. The highest BCUT2D eigenvalue weighted by Crippen LogP contribution is 2.20.